The van der Waals surface area contributed by atoms with Gasteiger partial charge in [-0.3, -0.25) is 9.78 Å². The van der Waals surface area contributed by atoms with Crippen molar-refractivity contribution in [2.75, 3.05) is 13.1 Å². The van der Waals surface area contributed by atoms with Crippen molar-refractivity contribution in [2.24, 2.45) is 0 Å². The number of amides is 2. The van der Waals surface area contributed by atoms with Crippen LogP contribution in [0.25, 0.3) is 11.0 Å². The molecule has 3 heterocycles. The average Bonchev–Trinajstić information content (AvgIpc) is 3.43. The average molecular weight is 451 g/mol. The minimum Gasteiger partial charge on any atom is -0.465 e. The number of carbonyl (C=O) groups is 2. The molecule has 32 heavy (non-hydrogen) atoms. The van der Waals surface area contributed by atoms with Gasteiger partial charge in [0.15, 0.2) is 0 Å². The van der Waals surface area contributed by atoms with Crippen molar-refractivity contribution in [3.63, 3.8) is 0 Å². The summed E-state index contributed by atoms with van der Waals surface area (Å²) in [6.45, 7) is 0.865. The SMILES string of the molecule is O=C(NCCc1ccccn1)c1csc(CCN(Cc2nc3ccccc3[nH]2)C(=O)O)n1. The summed E-state index contributed by atoms with van der Waals surface area (Å²) < 4.78 is 0. The van der Waals surface area contributed by atoms with E-state index in [1.54, 1.807) is 11.6 Å². The summed E-state index contributed by atoms with van der Waals surface area (Å²) in [6, 6.07) is 13.2. The molecule has 0 fully saturated rings. The first-order chi connectivity index (χ1) is 15.6. The van der Waals surface area contributed by atoms with Gasteiger partial charge in [-0.05, 0) is 24.3 Å². The van der Waals surface area contributed by atoms with Crippen molar-refractivity contribution in [1.82, 2.24) is 30.2 Å². The molecule has 0 unspecified atom stereocenters. The third-order valence-electron chi connectivity index (χ3n) is 4.82. The number of fused-ring (bicyclic) bond motifs is 1. The fourth-order valence-electron chi connectivity index (χ4n) is 3.20. The lowest BCUT2D eigenvalue weighted by atomic mass is 10.2. The predicted molar refractivity (Wildman–Crippen MR) is 121 cm³/mol. The summed E-state index contributed by atoms with van der Waals surface area (Å²) in [5, 5.41) is 14.8. The molecule has 0 aliphatic heterocycles. The van der Waals surface area contributed by atoms with E-state index in [2.05, 4.69) is 25.3 Å². The number of hydrogen-bond acceptors (Lipinski definition) is 6. The standard InChI is InChI=1S/C22H22N6O3S/c29-21(24-11-8-15-5-3-4-10-23-15)18-14-32-20(27-18)9-12-28(22(30)31)13-19-25-16-6-1-2-7-17(16)26-19/h1-7,10,14H,8-9,11-13H2,(H,24,29)(H,25,26)(H,30,31). The van der Waals surface area contributed by atoms with Gasteiger partial charge in [0.2, 0.25) is 0 Å². The van der Waals surface area contributed by atoms with E-state index in [4.69, 9.17) is 0 Å². The molecular weight excluding hydrogens is 428 g/mol. The highest BCUT2D eigenvalue weighted by Gasteiger charge is 2.17. The van der Waals surface area contributed by atoms with E-state index >= 15 is 0 Å². The van der Waals surface area contributed by atoms with Crippen molar-refractivity contribution < 1.29 is 14.7 Å². The molecule has 10 heteroatoms. The van der Waals surface area contributed by atoms with Crippen molar-refractivity contribution >= 4 is 34.4 Å². The van der Waals surface area contributed by atoms with E-state index in [1.165, 1.54) is 16.2 Å². The number of nitrogens with one attached hydrogen (secondary N) is 2. The maximum atomic E-state index is 12.3. The molecule has 1 aromatic carbocycles. The number of rotatable bonds is 9. The second kappa shape index (κ2) is 10.0. The summed E-state index contributed by atoms with van der Waals surface area (Å²) in [6.07, 6.45) is 1.74. The first-order valence-electron chi connectivity index (χ1n) is 10.1. The van der Waals surface area contributed by atoms with Gasteiger partial charge in [0.25, 0.3) is 5.91 Å². The molecule has 4 aromatic rings. The Morgan fingerprint density at radius 1 is 1.09 bits per heavy atom. The number of thiazole rings is 1. The number of carbonyl (C=O) groups excluding carboxylic acids is 1. The van der Waals surface area contributed by atoms with Gasteiger partial charge in [-0.2, -0.15) is 0 Å². The number of carboxylic acid groups (broad SMARTS) is 1. The molecule has 3 aromatic heterocycles. The van der Waals surface area contributed by atoms with Gasteiger partial charge >= 0.3 is 6.09 Å². The number of hydrogen-bond donors (Lipinski definition) is 3. The van der Waals surface area contributed by atoms with Crippen LogP contribution in [0.2, 0.25) is 0 Å². The molecule has 0 bridgehead atoms. The van der Waals surface area contributed by atoms with Gasteiger partial charge in [0, 0.05) is 43.2 Å². The van der Waals surface area contributed by atoms with Crippen LogP contribution in [0.15, 0.2) is 54.0 Å². The summed E-state index contributed by atoms with van der Waals surface area (Å²) in [7, 11) is 0. The van der Waals surface area contributed by atoms with Gasteiger partial charge in [-0.1, -0.05) is 18.2 Å². The quantitative estimate of drug-likeness (QED) is 0.360. The van der Waals surface area contributed by atoms with Gasteiger partial charge in [-0.15, -0.1) is 11.3 Å². The highest BCUT2D eigenvalue weighted by molar-refractivity contribution is 7.09. The fourth-order valence-corrected chi connectivity index (χ4v) is 3.97. The molecule has 3 N–H and O–H groups in total. The smallest absolute Gasteiger partial charge is 0.407 e. The van der Waals surface area contributed by atoms with E-state index in [-0.39, 0.29) is 19.0 Å². The van der Waals surface area contributed by atoms with Crippen molar-refractivity contribution in [1.29, 1.82) is 0 Å². The summed E-state index contributed by atoms with van der Waals surface area (Å²) in [5.41, 5.74) is 2.91. The van der Waals surface area contributed by atoms with E-state index in [9.17, 15) is 14.7 Å². The lowest BCUT2D eigenvalue weighted by Crippen LogP contribution is -2.31. The molecule has 0 aliphatic rings. The van der Waals surface area contributed by atoms with Crippen LogP contribution < -0.4 is 5.32 Å². The van der Waals surface area contributed by atoms with Gasteiger partial charge in [-0.25, -0.2) is 14.8 Å². The molecular formula is C22H22N6O3S. The predicted octanol–water partition coefficient (Wildman–Crippen LogP) is 3.11. The van der Waals surface area contributed by atoms with E-state index < -0.39 is 6.09 Å². The number of aromatic amines is 1. The molecule has 4 rings (SSSR count). The molecule has 0 spiro atoms. The van der Waals surface area contributed by atoms with Crippen molar-refractivity contribution in [2.45, 2.75) is 19.4 Å². The van der Waals surface area contributed by atoms with Crippen LogP contribution >= 0.6 is 11.3 Å². The first-order valence-corrected chi connectivity index (χ1v) is 11.0. The Kier molecular flexibility index (Phi) is 6.71. The van der Waals surface area contributed by atoms with Crippen LogP contribution in [-0.4, -0.2) is 55.0 Å². The van der Waals surface area contributed by atoms with Gasteiger partial charge < -0.3 is 20.3 Å². The Bertz CT molecular complexity index is 1170. The minimum atomic E-state index is -1.03. The topological polar surface area (TPSA) is 124 Å². The molecule has 0 atom stereocenters. The normalized spacial score (nSPS) is 10.9. The van der Waals surface area contributed by atoms with Gasteiger partial charge in [0.1, 0.15) is 11.5 Å². The van der Waals surface area contributed by atoms with Crippen LogP contribution in [0.1, 0.15) is 27.0 Å². The monoisotopic (exact) mass is 450 g/mol. The second-order valence-corrected chi connectivity index (χ2v) is 8.05. The van der Waals surface area contributed by atoms with E-state index in [1.807, 2.05) is 42.5 Å². The lowest BCUT2D eigenvalue weighted by molar-refractivity contribution is 0.0949. The number of pyridine rings is 1. The zero-order valence-electron chi connectivity index (χ0n) is 17.2. The van der Waals surface area contributed by atoms with Crippen LogP contribution in [0.4, 0.5) is 4.79 Å². The molecule has 0 saturated heterocycles. The third kappa shape index (κ3) is 5.46. The van der Waals surface area contributed by atoms with Crippen molar-refractivity contribution in [3.8, 4) is 0 Å². The van der Waals surface area contributed by atoms with Gasteiger partial charge in [0.05, 0.1) is 22.6 Å². The molecule has 0 aliphatic carbocycles. The van der Waals surface area contributed by atoms with Crippen LogP contribution in [0.3, 0.4) is 0 Å². The van der Waals surface area contributed by atoms with E-state index in [0.29, 0.717) is 35.9 Å². The molecule has 9 nitrogen and oxygen atoms in total. The van der Waals surface area contributed by atoms with Crippen molar-refractivity contribution in [3.05, 3.63) is 76.3 Å². The van der Waals surface area contributed by atoms with Crippen LogP contribution in [0, 0.1) is 0 Å². The number of H-pyrrole nitrogens is 1. The zero-order chi connectivity index (χ0) is 22.3. The Hall–Kier alpha value is -3.79. The second-order valence-electron chi connectivity index (χ2n) is 7.11. The Labute approximate surface area is 188 Å². The molecule has 0 radical (unpaired) electrons. The molecule has 164 valence electrons. The summed E-state index contributed by atoms with van der Waals surface area (Å²) >= 11 is 1.34. The highest BCUT2D eigenvalue weighted by atomic mass is 32.1. The zero-order valence-corrected chi connectivity index (χ0v) is 18.0. The van der Waals surface area contributed by atoms with E-state index in [0.717, 1.165) is 16.7 Å². The summed E-state index contributed by atoms with van der Waals surface area (Å²) in [5.74, 6) is 0.335. The number of benzene rings is 1. The number of aromatic nitrogens is 4. The Balaban J connectivity index is 1.29. The Morgan fingerprint density at radius 3 is 2.72 bits per heavy atom. The van der Waals surface area contributed by atoms with Crippen LogP contribution in [0.5, 0.6) is 0 Å². The largest absolute Gasteiger partial charge is 0.465 e. The first kappa shape index (κ1) is 21.4. The number of imidazole rings is 1. The Morgan fingerprint density at radius 2 is 1.94 bits per heavy atom. The molecule has 0 saturated carbocycles. The van der Waals surface area contributed by atoms with Crippen LogP contribution in [-0.2, 0) is 19.4 Å². The third-order valence-corrected chi connectivity index (χ3v) is 5.73. The number of para-hydroxylation sites is 2. The fraction of sp³-hybridized carbons (Fsp3) is 0.227. The lowest BCUT2D eigenvalue weighted by Gasteiger charge is -2.17. The maximum absolute atomic E-state index is 12.3. The highest BCUT2D eigenvalue weighted by Crippen LogP contribution is 2.14. The maximum Gasteiger partial charge on any atom is 0.407 e. The number of nitrogens with zero attached hydrogens (tertiary/aromatic N) is 4. The molecule has 2 amide bonds. The minimum absolute atomic E-state index is 0.149. The summed E-state index contributed by atoms with van der Waals surface area (Å²) in [4.78, 5) is 41.4.